The maximum absolute atomic E-state index is 8.74. The first-order valence-corrected chi connectivity index (χ1v) is 7.71. The highest BCUT2D eigenvalue weighted by molar-refractivity contribution is 7.98. The quantitative estimate of drug-likeness (QED) is 0.757. The van der Waals surface area contributed by atoms with Crippen molar-refractivity contribution in [1.82, 2.24) is 5.32 Å². The molecular formula is C12H18N2S2. The van der Waals surface area contributed by atoms with Gasteiger partial charge in [-0.05, 0) is 50.5 Å². The Balaban J connectivity index is 2.24. The Hall–Kier alpha value is -0.500. The standard InChI is InChI=1S/C12H18N2S2/c1-10(14-7-3-4-8-15-2)12-6-5-11(9-13)16-12/h5-6,10,14H,3-4,7-8H2,1-2H3. The van der Waals surface area contributed by atoms with Gasteiger partial charge in [-0.1, -0.05) is 0 Å². The molecule has 4 heteroatoms. The van der Waals surface area contributed by atoms with E-state index in [1.54, 1.807) is 11.3 Å². The molecule has 0 saturated carbocycles. The van der Waals surface area contributed by atoms with Crippen LogP contribution in [0.5, 0.6) is 0 Å². The van der Waals surface area contributed by atoms with Crippen LogP contribution in [-0.2, 0) is 0 Å². The monoisotopic (exact) mass is 254 g/mol. The zero-order valence-corrected chi connectivity index (χ0v) is 11.5. The van der Waals surface area contributed by atoms with Gasteiger partial charge in [0.25, 0.3) is 0 Å². The van der Waals surface area contributed by atoms with Crippen LogP contribution < -0.4 is 5.32 Å². The summed E-state index contributed by atoms with van der Waals surface area (Å²) in [6, 6.07) is 6.48. The molecule has 1 rings (SSSR count). The summed E-state index contributed by atoms with van der Waals surface area (Å²) in [5.74, 6) is 1.24. The SMILES string of the molecule is CSCCCCNC(C)c1ccc(C#N)s1. The van der Waals surface area contributed by atoms with Crippen LogP contribution >= 0.6 is 23.1 Å². The van der Waals surface area contributed by atoms with Gasteiger partial charge < -0.3 is 5.32 Å². The molecule has 0 aliphatic carbocycles. The summed E-state index contributed by atoms with van der Waals surface area (Å²) in [5.41, 5.74) is 0. The second-order valence-electron chi connectivity index (χ2n) is 3.69. The van der Waals surface area contributed by atoms with E-state index in [0.29, 0.717) is 6.04 Å². The fraction of sp³-hybridized carbons (Fsp3) is 0.583. The summed E-state index contributed by atoms with van der Waals surface area (Å²) in [4.78, 5) is 2.05. The molecular weight excluding hydrogens is 236 g/mol. The largest absolute Gasteiger partial charge is 0.309 e. The van der Waals surface area contributed by atoms with Crippen molar-refractivity contribution in [3.05, 3.63) is 21.9 Å². The van der Waals surface area contributed by atoms with Crippen LogP contribution in [-0.4, -0.2) is 18.6 Å². The van der Waals surface area contributed by atoms with Crippen LogP contribution in [0.25, 0.3) is 0 Å². The van der Waals surface area contributed by atoms with Crippen molar-refractivity contribution in [3.8, 4) is 6.07 Å². The number of nitrogens with one attached hydrogen (secondary N) is 1. The lowest BCUT2D eigenvalue weighted by Gasteiger charge is -2.11. The predicted molar refractivity (Wildman–Crippen MR) is 73.1 cm³/mol. The fourth-order valence-electron chi connectivity index (χ4n) is 1.44. The van der Waals surface area contributed by atoms with E-state index in [9.17, 15) is 0 Å². The fourth-order valence-corrected chi connectivity index (χ4v) is 2.76. The molecule has 16 heavy (non-hydrogen) atoms. The van der Waals surface area contributed by atoms with Crippen molar-refractivity contribution >= 4 is 23.1 Å². The second kappa shape index (κ2) is 7.72. The van der Waals surface area contributed by atoms with E-state index in [0.717, 1.165) is 11.4 Å². The van der Waals surface area contributed by atoms with Crippen LogP contribution in [0.1, 0.15) is 35.6 Å². The van der Waals surface area contributed by atoms with E-state index in [2.05, 4.69) is 24.6 Å². The third-order valence-corrected chi connectivity index (χ3v) is 4.26. The van der Waals surface area contributed by atoms with Crippen molar-refractivity contribution in [1.29, 1.82) is 5.26 Å². The van der Waals surface area contributed by atoms with Crippen LogP contribution in [0.4, 0.5) is 0 Å². The minimum absolute atomic E-state index is 0.362. The second-order valence-corrected chi connectivity index (χ2v) is 5.79. The number of thioether (sulfide) groups is 1. The highest BCUT2D eigenvalue weighted by Crippen LogP contribution is 2.22. The van der Waals surface area contributed by atoms with Gasteiger partial charge in [0.05, 0.1) is 0 Å². The molecule has 1 aromatic rings. The van der Waals surface area contributed by atoms with E-state index < -0.39 is 0 Å². The first-order chi connectivity index (χ1) is 7.77. The summed E-state index contributed by atoms with van der Waals surface area (Å²) in [6.45, 7) is 3.21. The normalized spacial score (nSPS) is 12.3. The number of unbranched alkanes of at least 4 members (excludes halogenated alkanes) is 1. The topological polar surface area (TPSA) is 35.8 Å². The third kappa shape index (κ3) is 4.56. The number of thiophene rings is 1. The summed E-state index contributed by atoms with van der Waals surface area (Å²) in [6.07, 6.45) is 4.64. The van der Waals surface area contributed by atoms with Crippen molar-refractivity contribution in [3.63, 3.8) is 0 Å². The molecule has 0 aromatic carbocycles. The maximum atomic E-state index is 8.74. The van der Waals surface area contributed by atoms with Crippen LogP contribution in [0.2, 0.25) is 0 Å². The van der Waals surface area contributed by atoms with Crippen LogP contribution in [0.3, 0.4) is 0 Å². The van der Waals surface area contributed by atoms with E-state index in [1.807, 2.05) is 23.9 Å². The van der Waals surface area contributed by atoms with Crippen molar-refractivity contribution in [2.24, 2.45) is 0 Å². The lowest BCUT2D eigenvalue weighted by Crippen LogP contribution is -2.19. The van der Waals surface area contributed by atoms with Crippen molar-refractivity contribution in [2.45, 2.75) is 25.8 Å². The van der Waals surface area contributed by atoms with Gasteiger partial charge in [-0.2, -0.15) is 17.0 Å². The molecule has 1 N–H and O–H groups in total. The molecule has 0 spiro atoms. The Kier molecular flexibility index (Phi) is 6.55. The van der Waals surface area contributed by atoms with Gasteiger partial charge in [-0.25, -0.2) is 0 Å². The molecule has 1 unspecified atom stereocenters. The average molecular weight is 254 g/mol. The summed E-state index contributed by atoms with van der Waals surface area (Å²) in [5, 5.41) is 12.2. The Morgan fingerprint density at radius 1 is 1.50 bits per heavy atom. The molecule has 0 radical (unpaired) electrons. The van der Waals surface area contributed by atoms with Gasteiger partial charge in [0.15, 0.2) is 0 Å². The summed E-state index contributed by atoms with van der Waals surface area (Å²) < 4.78 is 0. The molecule has 0 saturated heterocycles. The number of hydrogen-bond donors (Lipinski definition) is 1. The van der Waals surface area contributed by atoms with Crippen molar-refractivity contribution in [2.75, 3.05) is 18.6 Å². The van der Waals surface area contributed by atoms with Crippen LogP contribution in [0.15, 0.2) is 12.1 Å². The number of nitrogens with zero attached hydrogens (tertiary/aromatic N) is 1. The lowest BCUT2D eigenvalue weighted by molar-refractivity contribution is 0.562. The maximum Gasteiger partial charge on any atom is 0.110 e. The highest BCUT2D eigenvalue weighted by Gasteiger charge is 2.07. The summed E-state index contributed by atoms with van der Waals surface area (Å²) >= 11 is 3.48. The molecule has 0 bridgehead atoms. The number of nitriles is 1. The van der Waals surface area contributed by atoms with E-state index in [-0.39, 0.29) is 0 Å². The van der Waals surface area contributed by atoms with E-state index >= 15 is 0 Å². The Labute approximate surface area is 106 Å². The van der Waals surface area contributed by atoms with E-state index in [4.69, 9.17) is 5.26 Å². The minimum atomic E-state index is 0.362. The third-order valence-electron chi connectivity index (χ3n) is 2.39. The van der Waals surface area contributed by atoms with E-state index in [1.165, 1.54) is 23.5 Å². The van der Waals surface area contributed by atoms with Gasteiger partial charge in [-0.15, -0.1) is 11.3 Å². The van der Waals surface area contributed by atoms with Crippen LogP contribution in [0, 0.1) is 11.3 Å². The summed E-state index contributed by atoms with van der Waals surface area (Å²) in [7, 11) is 0. The number of hydrogen-bond acceptors (Lipinski definition) is 4. The van der Waals surface area contributed by atoms with Gasteiger partial charge in [-0.3, -0.25) is 0 Å². The number of rotatable bonds is 7. The Bertz CT molecular complexity index is 341. The Morgan fingerprint density at radius 2 is 2.31 bits per heavy atom. The smallest absolute Gasteiger partial charge is 0.110 e. The molecule has 1 heterocycles. The zero-order valence-electron chi connectivity index (χ0n) is 9.82. The first kappa shape index (κ1) is 13.6. The molecule has 0 aliphatic rings. The molecule has 88 valence electrons. The molecule has 2 nitrogen and oxygen atoms in total. The van der Waals surface area contributed by atoms with Gasteiger partial charge in [0, 0.05) is 10.9 Å². The Morgan fingerprint density at radius 3 is 2.94 bits per heavy atom. The minimum Gasteiger partial charge on any atom is -0.309 e. The van der Waals surface area contributed by atoms with Crippen molar-refractivity contribution < 1.29 is 0 Å². The highest BCUT2D eigenvalue weighted by atomic mass is 32.2. The van der Waals surface area contributed by atoms with Gasteiger partial charge in [0.2, 0.25) is 0 Å². The first-order valence-electron chi connectivity index (χ1n) is 5.50. The molecule has 0 amide bonds. The zero-order chi connectivity index (χ0) is 11.8. The molecule has 1 aromatic heterocycles. The predicted octanol–water partition coefficient (Wildman–Crippen LogP) is 3.41. The lowest BCUT2D eigenvalue weighted by atomic mass is 10.2. The van der Waals surface area contributed by atoms with Gasteiger partial charge in [0.1, 0.15) is 10.9 Å². The van der Waals surface area contributed by atoms with Gasteiger partial charge >= 0.3 is 0 Å². The molecule has 1 atom stereocenters. The molecule has 0 aliphatic heterocycles. The molecule has 0 fully saturated rings. The average Bonchev–Trinajstić information content (AvgIpc) is 2.77.